The van der Waals surface area contributed by atoms with Crippen molar-refractivity contribution in [3.05, 3.63) is 39.2 Å². The Morgan fingerprint density at radius 1 is 1.37 bits per heavy atom. The molecular weight excluding hydrogens is 312 g/mol. The Hall–Kier alpha value is -1.30. The minimum atomic E-state index is -0.560. The van der Waals surface area contributed by atoms with Crippen molar-refractivity contribution in [2.45, 2.75) is 6.92 Å². The van der Waals surface area contributed by atoms with Crippen LogP contribution in [0.3, 0.4) is 0 Å². The van der Waals surface area contributed by atoms with E-state index in [4.69, 9.17) is 39.5 Å². The van der Waals surface area contributed by atoms with Crippen LogP contribution >= 0.6 is 34.8 Å². The van der Waals surface area contributed by atoms with Crippen molar-refractivity contribution in [1.82, 2.24) is 14.8 Å². The fourth-order valence-corrected chi connectivity index (χ4v) is 2.07. The van der Waals surface area contributed by atoms with Gasteiger partial charge in [0.2, 0.25) is 0 Å². The summed E-state index contributed by atoms with van der Waals surface area (Å²) in [7, 11) is 0. The van der Waals surface area contributed by atoms with E-state index in [9.17, 15) is 4.79 Å². The third kappa shape index (κ3) is 3.00. The number of hydrogen-bond acceptors (Lipinski definition) is 4. The van der Waals surface area contributed by atoms with E-state index in [-0.39, 0.29) is 28.3 Å². The van der Waals surface area contributed by atoms with E-state index in [1.807, 2.05) is 0 Å². The summed E-state index contributed by atoms with van der Waals surface area (Å²) in [5.74, 6) is -0.310. The molecule has 0 bridgehead atoms. The zero-order valence-electron chi connectivity index (χ0n) is 9.73. The largest absolute Gasteiger partial charge is 0.461 e. The minimum absolute atomic E-state index is 0.135. The summed E-state index contributed by atoms with van der Waals surface area (Å²) in [5, 5.41) is 4.73. The lowest BCUT2D eigenvalue weighted by Crippen LogP contribution is -2.13. The zero-order valence-corrected chi connectivity index (χ0v) is 12.0. The highest BCUT2D eigenvalue weighted by Crippen LogP contribution is 2.24. The van der Waals surface area contributed by atoms with Crippen LogP contribution in [0.5, 0.6) is 0 Å². The molecule has 0 amide bonds. The van der Waals surface area contributed by atoms with Gasteiger partial charge in [-0.3, -0.25) is 0 Å². The van der Waals surface area contributed by atoms with E-state index in [1.54, 1.807) is 6.92 Å². The number of carbonyl (C=O) groups excluding carboxylic acids is 1. The molecule has 0 saturated carbocycles. The van der Waals surface area contributed by atoms with Gasteiger partial charge in [-0.15, -0.1) is 0 Å². The van der Waals surface area contributed by atoms with Crippen molar-refractivity contribution in [1.29, 1.82) is 0 Å². The number of rotatable bonds is 3. The summed E-state index contributed by atoms with van der Waals surface area (Å²) in [6.07, 6.45) is 1.40. The topological polar surface area (TPSA) is 57.0 Å². The van der Waals surface area contributed by atoms with Gasteiger partial charge in [0.15, 0.2) is 16.7 Å². The molecule has 0 atom stereocenters. The highest BCUT2D eigenvalue weighted by molar-refractivity contribution is 6.35. The van der Waals surface area contributed by atoms with E-state index in [0.717, 1.165) is 0 Å². The molecule has 0 aromatic carbocycles. The van der Waals surface area contributed by atoms with Crippen molar-refractivity contribution >= 4 is 40.8 Å². The van der Waals surface area contributed by atoms with Crippen molar-refractivity contribution in [2.24, 2.45) is 0 Å². The SMILES string of the molecule is CCOC(=O)c1cc(Cl)nn1-c1ncc(Cl)cc1Cl. The lowest BCUT2D eigenvalue weighted by molar-refractivity contribution is 0.0515. The fraction of sp³-hybridized carbons (Fsp3) is 0.182. The second-order valence-electron chi connectivity index (χ2n) is 3.44. The predicted molar refractivity (Wildman–Crippen MR) is 72.3 cm³/mol. The number of carbonyl (C=O) groups is 1. The molecule has 2 rings (SSSR count). The Balaban J connectivity index is 2.52. The molecule has 0 aliphatic carbocycles. The number of hydrogen-bond donors (Lipinski definition) is 0. The number of esters is 1. The number of nitrogens with zero attached hydrogens (tertiary/aromatic N) is 3. The number of halogens is 3. The van der Waals surface area contributed by atoms with Crippen LogP contribution in [0.25, 0.3) is 5.82 Å². The Kier molecular flexibility index (Phi) is 4.29. The second-order valence-corrected chi connectivity index (χ2v) is 4.67. The molecule has 0 radical (unpaired) electrons. The fourth-order valence-electron chi connectivity index (χ4n) is 1.43. The summed E-state index contributed by atoms with van der Waals surface area (Å²) in [4.78, 5) is 15.8. The maximum atomic E-state index is 11.8. The molecule has 0 unspecified atom stereocenters. The molecule has 0 fully saturated rings. The third-order valence-electron chi connectivity index (χ3n) is 2.15. The lowest BCUT2D eigenvalue weighted by Gasteiger charge is -2.07. The Morgan fingerprint density at radius 3 is 2.74 bits per heavy atom. The van der Waals surface area contributed by atoms with Crippen LogP contribution < -0.4 is 0 Å². The first-order valence-corrected chi connectivity index (χ1v) is 6.40. The normalized spacial score (nSPS) is 10.5. The predicted octanol–water partition coefficient (Wildman–Crippen LogP) is 3.40. The smallest absolute Gasteiger partial charge is 0.357 e. The Morgan fingerprint density at radius 2 is 2.11 bits per heavy atom. The molecular formula is C11H8Cl3N3O2. The highest BCUT2D eigenvalue weighted by atomic mass is 35.5. The maximum absolute atomic E-state index is 11.8. The third-order valence-corrected chi connectivity index (χ3v) is 2.82. The van der Waals surface area contributed by atoms with E-state index in [1.165, 1.54) is 23.0 Å². The van der Waals surface area contributed by atoms with Crippen molar-refractivity contribution in [3.63, 3.8) is 0 Å². The molecule has 2 aromatic heterocycles. The molecule has 100 valence electrons. The van der Waals surface area contributed by atoms with Gasteiger partial charge in [0, 0.05) is 12.3 Å². The Bertz CT molecular complexity index is 628. The molecule has 0 spiro atoms. The van der Waals surface area contributed by atoms with E-state index < -0.39 is 5.97 Å². The van der Waals surface area contributed by atoms with Crippen molar-refractivity contribution in [3.8, 4) is 5.82 Å². The van der Waals surface area contributed by atoms with Crippen LogP contribution in [-0.4, -0.2) is 27.3 Å². The first-order valence-electron chi connectivity index (χ1n) is 5.27. The van der Waals surface area contributed by atoms with Crippen LogP contribution in [0.4, 0.5) is 0 Å². The molecule has 19 heavy (non-hydrogen) atoms. The van der Waals surface area contributed by atoms with Crippen molar-refractivity contribution in [2.75, 3.05) is 6.61 Å². The van der Waals surface area contributed by atoms with Crippen LogP contribution in [0.1, 0.15) is 17.4 Å². The van der Waals surface area contributed by atoms with Gasteiger partial charge in [0.25, 0.3) is 0 Å². The average molecular weight is 321 g/mol. The molecule has 5 nitrogen and oxygen atoms in total. The number of aromatic nitrogens is 3. The zero-order chi connectivity index (χ0) is 14.0. The summed E-state index contributed by atoms with van der Waals surface area (Å²) >= 11 is 17.6. The number of ether oxygens (including phenoxy) is 1. The van der Waals surface area contributed by atoms with Crippen LogP contribution in [0.15, 0.2) is 18.3 Å². The maximum Gasteiger partial charge on any atom is 0.357 e. The average Bonchev–Trinajstić information content (AvgIpc) is 2.71. The van der Waals surface area contributed by atoms with Gasteiger partial charge >= 0.3 is 5.97 Å². The number of pyridine rings is 1. The van der Waals surface area contributed by atoms with Gasteiger partial charge in [-0.1, -0.05) is 34.8 Å². The molecule has 2 heterocycles. The summed E-state index contributed by atoms with van der Waals surface area (Å²) in [6.45, 7) is 1.94. The first-order chi connectivity index (χ1) is 9.02. The molecule has 2 aromatic rings. The first kappa shape index (κ1) is 14.1. The van der Waals surface area contributed by atoms with Gasteiger partial charge in [-0.25, -0.2) is 14.5 Å². The minimum Gasteiger partial charge on any atom is -0.461 e. The summed E-state index contributed by atoms with van der Waals surface area (Å²) < 4.78 is 6.13. The summed E-state index contributed by atoms with van der Waals surface area (Å²) in [5.41, 5.74) is 0.142. The highest BCUT2D eigenvalue weighted by Gasteiger charge is 2.19. The lowest BCUT2D eigenvalue weighted by atomic mass is 10.4. The van der Waals surface area contributed by atoms with Gasteiger partial charge < -0.3 is 4.74 Å². The van der Waals surface area contributed by atoms with Gasteiger partial charge in [-0.2, -0.15) is 5.10 Å². The van der Waals surface area contributed by atoms with Gasteiger partial charge in [0.05, 0.1) is 16.7 Å². The molecule has 8 heteroatoms. The van der Waals surface area contributed by atoms with Crippen LogP contribution in [0, 0.1) is 0 Å². The molecule has 0 aliphatic heterocycles. The molecule has 0 saturated heterocycles. The van der Waals surface area contributed by atoms with Crippen LogP contribution in [-0.2, 0) is 4.74 Å². The quantitative estimate of drug-likeness (QED) is 0.813. The van der Waals surface area contributed by atoms with Crippen molar-refractivity contribution < 1.29 is 9.53 Å². The van der Waals surface area contributed by atoms with Gasteiger partial charge in [-0.05, 0) is 13.0 Å². The second kappa shape index (κ2) is 5.77. The molecule has 0 aliphatic rings. The molecule has 0 N–H and O–H groups in total. The summed E-state index contributed by atoms with van der Waals surface area (Å²) in [6, 6.07) is 2.88. The van der Waals surface area contributed by atoms with Crippen LogP contribution in [0.2, 0.25) is 15.2 Å². The monoisotopic (exact) mass is 319 g/mol. The van der Waals surface area contributed by atoms with E-state index >= 15 is 0 Å². The van der Waals surface area contributed by atoms with Gasteiger partial charge in [0.1, 0.15) is 0 Å². The standard InChI is InChI=1S/C11H8Cl3N3O2/c1-2-19-11(18)8-4-9(14)16-17(8)10-7(13)3-6(12)5-15-10/h3-5H,2H2,1H3. The Labute approximate surface area is 124 Å². The van der Waals surface area contributed by atoms with E-state index in [2.05, 4.69) is 10.1 Å². The van der Waals surface area contributed by atoms with E-state index in [0.29, 0.717) is 5.02 Å².